The van der Waals surface area contributed by atoms with E-state index >= 15 is 0 Å². The number of phenols is 1. The van der Waals surface area contributed by atoms with Crippen LogP contribution < -0.4 is 5.43 Å². The molecule has 2 N–H and O–H groups in total. The van der Waals surface area contributed by atoms with Crippen LogP contribution in [0.3, 0.4) is 0 Å². The molecule has 1 aromatic carbocycles. The van der Waals surface area contributed by atoms with Gasteiger partial charge in [0.25, 0.3) is 5.91 Å². The van der Waals surface area contributed by atoms with Gasteiger partial charge in [0.05, 0.1) is 5.56 Å². The van der Waals surface area contributed by atoms with Crippen LogP contribution in [0.2, 0.25) is 0 Å². The van der Waals surface area contributed by atoms with Crippen LogP contribution >= 0.6 is 0 Å². The maximum atomic E-state index is 12.1. The molecule has 0 aliphatic heterocycles. The van der Waals surface area contributed by atoms with Crippen LogP contribution in [-0.2, 0) is 0 Å². The van der Waals surface area contributed by atoms with Gasteiger partial charge in [0.1, 0.15) is 5.75 Å². The summed E-state index contributed by atoms with van der Waals surface area (Å²) < 4.78 is 0. The second-order valence-corrected chi connectivity index (χ2v) is 6.26. The van der Waals surface area contributed by atoms with E-state index in [9.17, 15) is 9.90 Å². The second kappa shape index (κ2) is 12.6. The van der Waals surface area contributed by atoms with E-state index in [4.69, 9.17) is 0 Å². The fourth-order valence-corrected chi connectivity index (χ4v) is 2.60. The molecular weight excluding hydrogens is 300 g/mol. The number of nitrogens with zero attached hydrogens (tertiary/aromatic N) is 1. The first-order valence-electron chi connectivity index (χ1n) is 9.32. The molecule has 0 atom stereocenters. The number of carbonyl (C=O) groups excluding carboxylic acids is 1. The van der Waals surface area contributed by atoms with E-state index in [1.165, 1.54) is 44.6 Å². The van der Waals surface area contributed by atoms with Crippen LogP contribution in [0.15, 0.2) is 29.4 Å². The van der Waals surface area contributed by atoms with Crippen LogP contribution in [0.25, 0.3) is 0 Å². The highest BCUT2D eigenvalue weighted by Gasteiger charge is 2.09. The summed E-state index contributed by atoms with van der Waals surface area (Å²) in [5.74, 6) is -0.370. The van der Waals surface area contributed by atoms with Gasteiger partial charge in [0.2, 0.25) is 0 Å². The molecule has 134 valence electrons. The quantitative estimate of drug-likeness (QED) is 0.305. The first kappa shape index (κ1) is 20.2. The Morgan fingerprint density at radius 3 is 2.08 bits per heavy atom. The number of hydrazone groups is 1. The molecule has 0 unspecified atom stereocenters. The molecule has 0 aliphatic carbocycles. The lowest BCUT2D eigenvalue weighted by atomic mass is 10.0. The normalized spacial score (nSPS) is 10.4. The monoisotopic (exact) mass is 332 g/mol. The van der Waals surface area contributed by atoms with Crippen molar-refractivity contribution in [3.05, 3.63) is 29.8 Å². The Morgan fingerprint density at radius 1 is 0.958 bits per heavy atom. The molecule has 1 amide bonds. The van der Waals surface area contributed by atoms with Gasteiger partial charge in [-0.15, -0.1) is 0 Å². The van der Waals surface area contributed by atoms with Gasteiger partial charge >= 0.3 is 0 Å². The smallest absolute Gasteiger partial charge is 0.275 e. The van der Waals surface area contributed by atoms with E-state index in [0.717, 1.165) is 31.4 Å². The number of nitrogens with one attached hydrogen (secondary N) is 1. The van der Waals surface area contributed by atoms with E-state index in [0.29, 0.717) is 0 Å². The first-order valence-corrected chi connectivity index (χ1v) is 9.32. The second-order valence-electron chi connectivity index (χ2n) is 6.26. The molecule has 0 aromatic heterocycles. The number of carbonyl (C=O) groups is 1. The topological polar surface area (TPSA) is 61.7 Å². The fourth-order valence-electron chi connectivity index (χ4n) is 2.60. The molecular formula is C20H32N2O2. The van der Waals surface area contributed by atoms with Crippen LogP contribution in [0.5, 0.6) is 5.75 Å². The third kappa shape index (κ3) is 8.14. The molecule has 0 bridgehead atoms. The molecule has 4 nitrogen and oxygen atoms in total. The van der Waals surface area contributed by atoms with Crippen molar-refractivity contribution in [1.82, 2.24) is 5.43 Å². The van der Waals surface area contributed by atoms with Crippen LogP contribution in [-0.4, -0.2) is 16.7 Å². The van der Waals surface area contributed by atoms with E-state index in [-0.39, 0.29) is 17.2 Å². The van der Waals surface area contributed by atoms with Gasteiger partial charge in [-0.25, -0.2) is 5.43 Å². The first-order chi connectivity index (χ1) is 11.7. The Hall–Kier alpha value is -1.84. The molecule has 0 saturated heterocycles. The summed E-state index contributed by atoms with van der Waals surface area (Å²) in [7, 11) is 0. The van der Waals surface area contributed by atoms with Gasteiger partial charge in [-0.05, 0) is 37.8 Å². The van der Waals surface area contributed by atoms with Crippen molar-refractivity contribution in [3.63, 3.8) is 0 Å². The summed E-state index contributed by atoms with van der Waals surface area (Å²) in [4.78, 5) is 12.1. The maximum absolute atomic E-state index is 12.1. The molecule has 24 heavy (non-hydrogen) atoms. The van der Waals surface area contributed by atoms with Gasteiger partial charge in [-0.3, -0.25) is 4.79 Å². The van der Waals surface area contributed by atoms with Crippen molar-refractivity contribution >= 4 is 11.6 Å². The number of para-hydroxylation sites is 1. The van der Waals surface area contributed by atoms with Gasteiger partial charge in [-0.1, -0.05) is 64.5 Å². The highest BCUT2D eigenvalue weighted by Crippen LogP contribution is 2.15. The third-order valence-corrected chi connectivity index (χ3v) is 4.10. The molecule has 0 saturated carbocycles. The number of hydrogen-bond donors (Lipinski definition) is 2. The largest absolute Gasteiger partial charge is 0.507 e. The Bertz CT molecular complexity index is 498. The molecule has 1 rings (SSSR count). The number of phenolic OH excluding ortho intramolecular Hbond substituents is 1. The summed E-state index contributed by atoms with van der Waals surface area (Å²) in [5, 5.41) is 14.1. The number of hydrogen-bond acceptors (Lipinski definition) is 3. The van der Waals surface area contributed by atoms with Gasteiger partial charge in [0, 0.05) is 5.71 Å². The zero-order valence-electron chi connectivity index (χ0n) is 15.2. The van der Waals surface area contributed by atoms with Crippen molar-refractivity contribution in [2.75, 3.05) is 0 Å². The van der Waals surface area contributed by atoms with Crippen molar-refractivity contribution < 1.29 is 9.90 Å². The highest BCUT2D eigenvalue weighted by atomic mass is 16.3. The minimum absolute atomic E-state index is 0.0161. The Labute approximate surface area is 146 Å². The average molecular weight is 332 g/mol. The molecule has 1 aromatic rings. The number of aromatic hydroxyl groups is 1. The molecule has 0 radical (unpaired) electrons. The SMILES string of the molecule is CCCCCCC(CCCCCC)=NNC(=O)c1ccccc1O. The average Bonchev–Trinajstić information content (AvgIpc) is 2.59. The fraction of sp³-hybridized carbons (Fsp3) is 0.600. The van der Waals surface area contributed by atoms with E-state index in [1.807, 2.05) is 0 Å². The van der Waals surface area contributed by atoms with Gasteiger partial charge in [0.15, 0.2) is 0 Å². The molecule has 0 aliphatic rings. The van der Waals surface area contributed by atoms with E-state index in [1.54, 1.807) is 18.2 Å². The predicted octanol–water partition coefficient (Wildman–Crippen LogP) is 5.42. The lowest BCUT2D eigenvalue weighted by molar-refractivity contribution is 0.0952. The van der Waals surface area contributed by atoms with Gasteiger partial charge < -0.3 is 5.11 Å². The van der Waals surface area contributed by atoms with E-state index < -0.39 is 0 Å². The Morgan fingerprint density at radius 2 is 1.54 bits per heavy atom. The summed E-state index contributed by atoms with van der Waals surface area (Å²) >= 11 is 0. The van der Waals surface area contributed by atoms with Crippen molar-refractivity contribution in [2.24, 2.45) is 5.10 Å². The number of amides is 1. The number of unbranched alkanes of at least 4 members (excludes halogenated alkanes) is 6. The van der Waals surface area contributed by atoms with Gasteiger partial charge in [-0.2, -0.15) is 5.10 Å². The summed E-state index contributed by atoms with van der Waals surface area (Å²) in [6.45, 7) is 4.40. The zero-order chi connectivity index (χ0) is 17.6. The number of rotatable bonds is 12. The number of benzene rings is 1. The summed E-state index contributed by atoms with van der Waals surface area (Å²) in [6, 6.07) is 6.54. The van der Waals surface area contributed by atoms with Crippen LogP contribution in [0, 0.1) is 0 Å². The Balaban J connectivity index is 2.57. The lowest BCUT2D eigenvalue weighted by Gasteiger charge is -2.08. The predicted molar refractivity (Wildman–Crippen MR) is 101 cm³/mol. The van der Waals surface area contributed by atoms with Crippen molar-refractivity contribution in [2.45, 2.75) is 78.1 Å². The molecule has 0 spiro atoms. The summed E-state index contributed by atoms with van der Waals surface area (Å²) in [6.07, 6.45) is 11.4. The molecule has 0 heterocycles. The maximum Gasteiger partial charge on any atom is 0.275 e. The minimum Gasteiger partial charge on any atom is -0.507 e. The minimum atomic E-state index is -0.354. The summed E-state index contributed by atoms with van der Waals surface area (Å²) in [5.41, 5.74) is 3.93. The lowest BCUT2D eigenvalue weighted by Crippen LogP contribution is -2.20. The van der Waals surface area contributed by atoms with Crippen LogP contribution in [0.4, 0.5) is 0 Å². The van der Waals surface area contributed by atoms with Crippen LogP contribution in [0.1, 0.15) is 88.4 Å². The third-order valence-electron chi connectivity index (χ3n) is 4.10. The zero-order valence-corrected chi connectivity index (χ0v) is 15.2. The standard InChI is InChI=1S/C20H32N2O2/c1-3-5-7-9-13-17(14-10-8-6-4-2)21-22-20(24)18-15-11-12-16-19(18)23/h11-12,15-16,23H,3-10,13-14H2,1-2H3,(H,22,24). The Kier molecular flexibility index (Phi) is 10.6. The van der Waals surface area contributed by atoms with E-state index in [2.05, 4.69) is 24.4 Å². The van der Waals surface area contributed by atoms with Crippen molar-refractivity contribution in [1.29, 1.82) is 0 Å². The highest BCUT2D eigenvalue weighted by molar-refractivity contribution is 5.97. The molecule has 4 heteroatoms. The molecule has 0 fully saturated rings. The van der Waals surface area contributed by atoms with Crippen molar-refractivity contribution in [3.8, 4) is 5.75 Å².